The molecule has 3 aromatic rings. The average molecular weight is 437 g/mol. The highest BCUT2D eigenvalue weighted by atomic mass is 19.3. The highest BCUT2D eigenvalue weighted by Crippen LogP contribution is 2.25. The molecule has 0 bridgehead atoms. The van der Waals surface area contributed by atoms with Crippen LogP contribution in [0.5, 0.6) is 0 Å². The Hall–Kier alpha value is -4.08. The largest absolute Gasteiger partial charge is 0.339 e. The summed E-state index contributed by atoms with van der Waals surface area (Å²) in [5.74, 6) is -2.88. The van der Waals surface area contributed by atoms with Crippen molar-refractivity contribution in [2.24, 2.45) is 0 Å². The Bertz CT molecular complexity index is 1140. The number of aromatic nitrogens is 4. The summed E-state index contributed by atoms with van der Waals surface area (Å²) in [6.45, 7) is -0.313. The lowest BCUT2D eigenvalue weighted by Gasteiger charge is -2.09. The van der Waals surface area contributed by atoms with E-state index in [-0.39, 0.29) is 35.0 Å². The maximum absolute atomic E-state index is 14.3. The van der Waals surface area contributed by atoms with Crippen molar-refractivity contribution in [3.05, 3.63) is 54.0 Å². The van der Waals surface area contributed by atoms with E-state index in [0.717, 1.165) is 30.7 Å². The summed E-state index contributed by atoms with van der Waals surface area (Å²) in [4.78, 5) is 19.4. The Balaban J connectivity index is 1.84. The zero-order valence-electron chi connectivity index (χ0n) is 15.4. The molecule has 2 aromatic heterocycles. The Kier molecular flexibility index (Phi) is 6.39. The number of hydrogen-bond donors (Lipinski definition) is 2. The quantitative estimate of drug-likeness (QED) is 0.434. The first-order valence-electron chi connectivity index (χ1n) is 8.51. The molecular weight excluding hydrogens is 425 g/mol. The Morgan fingerprint density at radius 1 is 1.19 bits per heavy atom. The van der Waals surface area contributed by atoms with Gasteiger partial charge in [-0.2, -0.15) is 10.4 Å². The van der Waals surface area contributed by atoms with Crippen LogP contribution in [0.3, 0.4) is 0 Å². The zero-order valence-corrected chi connectivity index (χ0v) is 15.4. The molecule has 0 aliphatic heterocycles. The van der Waals surface area contributed by atoms with Crippen LogP contribution in [0.2, 0.25) is 0 Å². The standard InChI is InChI=1S/C18H12F5N7O/c19-12-5-9(1-2-11(12)17(31)25-4-3-24)14-13(20)7-26-18(29-14)28-10-6-27-30(8-10)16(23)15(21)22/h1-2,5-8,15-16H,4H2,(H,25,31)(H,26,28,29). The fraction of sp³-hybridized carbons (Fsp3) is 0.167. The van der Waals surface area contributed by atoms with Crippen molar-refractivity contribution < 1.29 is 26.7 Å². The Morgan fingerprint density at radius 2 is 1.97 bits per heavy atom. The third-order valence-corrected chi connectivity index (χ3v) is 3.88. The summed E-state index contributed by atoms with van der Waals surface area (Å²) < 4.78 is 67.0. The van der Waals surface area contributed by atoms with Gasteiger partial charge in [-0.15, -0.1) is 0 Å². The second-order valence-electron chi connectivity index (χ2n) is 5.97. The van der Waals surface area contributed by atoms with Gasteiger partial charge in [0.05, 0.1) is 35.9 Å². The van der Waals surface area contributed by atoms with Gasteiger partial charge in [0, 0.05) is 5.56 Å². The van der Waals surface area contributed by atoms with E-state index < -0.39 is 30.3 Å². The van der Waals surface area contributed by atoms with Crippen molar-refractivity contribution in [2.45, 2.75) is 12.7 Å². The fourth-order valence-electron chi connectivity index (χ4n) is 2.47. The van der Waals surface area contributed by atoms with Gasteiger partial charge in [-0.3, -0.25) is 4.79 Å². The van der Waals surface area contributed by atoms with Crippen LogP contribution in [0.15, 0.2) is 36.8 Å². The number of halogens is 5. The van der Waals surface area contributed by atoms with E-state index in [1.54, 1.807) is 6.07 Å². The number of hydrogen-bond acceptors (Lipinski definition) is 6. The van der Waals surface area contributed by atoms with Gasteiger partial charge in [0.1, 0.15) is 18.1 Å². The lowest BCUT2D eigenvalue weighted by Crippen LogP contribution is -2.24. The number of carbonyl (C=O) groups excluding carboxylic acids is 1. The van der Waals surface area contributed by atoms with Gasteiger partial charge in [-0.1, -0.05) is 6.07 Å². The number of nitrogens with zero attached hydrogens (tertiary/aromatic N) is 5. The van der Waals surface area contributed by atoms with Crippen LogP contribution in [0.1, 0.15) is 16.7 Å². The molecule has 160 valence electrons. The van der Waals surface area contributed by atoms with Crippen molar-refractivity contribution in [2.75, 3.05) is 11.9 Å². The number of nitriles is 1. The molecule has 1 aromatic carbocycles. The normalized spacial score (nSPS) is 11.8. The maximum atomic E-state index is 14.3. The second kappa shape index (κ2) is 9.16. The zero-order chi connectivity index (χ0) is 22.5. The molecule has 1 unspecified atom stereocenters. The average Bonchev–Trinajstić information content (AvgIpc) is 3.21. The van der Waals surface area contributed by atoms with Crippen molar-refractivity contribution in [3.8, 4) is 17.3 Å². The second-order valence-corrected chi connectivity index (χ2v) is 5.97. The van der Waals surface area contributed by atoms with E-state index in [1.165, 1.54) is 6.07 Å². The van der Waals surface area contributed by atoms with Crippen molar-refractivity contribution in [1.29, 1.82) is 5.26 Å². The van der Waals surface area contributed by atoms with E-state index in [1.807, 2.05) is 0 Å². The van der Waals surface area contributed by atoms with E-state index in [4.69, 9.17) is 5.26 Å². The minimum absolute atomic E-state index is 0.0190. The number of amides is 1. The molecule has 0 saturated carbocycles. The molecule has 31 heavy (non-hydrogen) atoms. The van der Waals surface area contributed by atoms with E-state index in [9.17, 15) is 26.7 Å². The van der Waals surface area contributed by atoms with Crippen LogP contribution in [-0.2, 0) is 0 Å². The molecule has 1 atom stereocenters. The van der Waals surface area contributed by atoms with E-state index in [0.29, 0.717) is 4.68 Å². The summed E-state index contributed by atoms with van der Waals surface area (Å²) in [7, 11) is 0. The third kappa shape index (κ3) is 4.92. The lowest BCUT2D eigenvalue weighted by atomic mass is 10.1. The first-order chi connectivity index (χ1) is 14.8. The predicted molar refractivity (Wildman–Crippen MR) is 97.0 cm³/mol. The van der Waals surface area contributed by atoms with Crippen LogP contribution in [0, 0.1) is 23.0 Å². The monoisotopic (exact) mass is 437 g/mol. The van der Waals surface area contributed by atoms with Crippen molar-refractivity contribution >= 4 is 17.5 Å². The van der Waals surface area contributed by atoms with Gasteiger partial charge in [0.25, 0.3) is 18.6 Å². The van der Waals surface area contributed by atoms with Crippen LogP contribution in [0.25, 0.3) is 11.3 Å². The number of benzene rings is 1. The molecule has 3 rings (SSSR count). The highest BCUT2D eigenvalue weighted by molar-refractivity contribution is 5.95. The molecular formula is C18H12F5N7O. The van der Waals surface area contributed by atoms with Crippen LogP contribution in [-0.4, -0.2) is 38.6 Å². The van der Waals surface area contributed by atoms with Crippen molar-refractivity contribution in [3.63, 3.8) is 0 Å². The number of carbonyl (C=O) groups is 1. The van der Waals surface area contributed by atoms with Gasteiger partial charge >= 0.3 is 0 Å². The summed E-state index contributed by atoms with van der Waals surface area (Å²) >= 11 is 0. The van der Waals surface area contributed by atoms with Gasteiger partial charge in [0.15, 0.2) is 5.82 Å². The number of rotatable bonds is 7. The van der Waals surface area contributed by atoms with Gasteiger partial charge in [-0.05, 0) is 12.1 Å². The van der Waals surface area contributed by atoms with Gasteiger partial charge in [0.2, 0.25) is 5.95 Å². The van der Waals surface area contributed by atoms with Crippen molar-refractivity contribution in [1.82, 2.24) is 25.1 Å². The first-order valence-corrected chi connectivity index (χ1v) is 8.51. The first kappa shape index (κ1) is 21.6. The molecule has 0 spiro atoms. The molecule has 0 fully saturated rings. The maximum Gasteiger partial charge on any atom is 0.289 e. The van der Waals surface area contributed by atoms with Gasteiger partial charge < -0.3 is 10.6 Å². The smallest absolute Gasteiger partial charge is 0.289 e. The summed E-state index contributed by atoms with van der Waals surface area (Å²) in [5.41, 5.74) is -0.631. The Morgan fingerprint density at radius 3 is 2.65 bits per heavy atom. The molecule has 13 heteroatoms. The predicted octanol–water partition coefficient (Wildman–Crippen LogP) is 3.35. The number of anilines is 2. The van der Waals surface area contributed by atoms with Crippen LogP contribution >= 0.6 is 0 Å². The topological polar surface area (TPSA) is 109 Å². The molecule has 0 saturated heterocycles. The molecule has 2 N–H and O–H groups in total. The van der Waals surface area contributed by atoms with E-state index >= 15 is 0 Å². The summed E-state index contributed by atoms with van der Waals surface area (Å²) in [5, 5.41) is 16.6. The van der Waals surface area contributed by atoms with E-state index in [2.05, 4.69) is 25.7 Å². The summed E-state index contributed by atoms with van der Waals surface area (Å²) in [6.07, 6.45) is -3.15. The summed E-state index contributed by atoms with van der Waals surface area (Å²) in [6, 6.07) is 4.90. The van der Waals surface area contributed by atoms with Crippen LogP contribution < -0.4 is 10.6 Å². The molecule has 0 aliphatic rings. The SMILES string of the molecule is N#CCNC(=O)c1ccc(-c2nc(Nc3cnn(C(F)C(F)F)c3)ncc2F)cc1F. The third-order valence-electron chi connectivity index (χ3n) is 3.88. The lowest BCUT2D eigenvalue weighted by molar-refractivity contribution is 0.000798. The minimum atomic E-state index is -3.28. The molecule has 2 heterocycles. The highest BCUT2D eigenvalue weighted by Gasteiger charge is 2.22. The van der Waals surface area contributed by atoms with Gasteiger partial charge in [-0.25, -0.2) is 36.6 Å². The fourth-order valence-corrected chi connectivity index (χ4v) is 2.47. The molecule has 1 amide bonds. The molecule has 0 radical (unpaired) electrons. The minimum Gasteiger partial charge on any atom is -0.339 e. The van der Waals surface area contributed by atoms with Crippen LogP contribution in [0.4, 0.5) is 33.6 Å². The number of alkyl halides is 3. The number of nitrogens with one attached hydrogen (secondary N) is 2. The molecule has 8 nitrogen and oxygen atoms in total. The Labute approximate surface area is 171 Å². The molecule has 0 aliphatic carbocycles.